The van der Waals surface area contributed by atoms with E-state index in [-0.39, 0.29) is 11.9 Å². The van der Waals surface area contributed by atoms with Crippen LogP contribution < -0.4 is 16.2 Å². The van der Waals surface area contributed by atoms with Crippen molar-refractivity contribution in [3.8, 4) is 22.8 Å². The van der Waals surface area contributed by atoms with Crippen LogP contribution >= 0.6 is 0 Å². The summed E-state index contributed by atoms with van der Waals surface area (Å²) in [4.78, 5) is 28.7. The van der Waals surface area contributed by atoms with Gasteiger partial charge in [-0.25, -0.2) is 14.6 Å². The predicted octanol–water partition coefficient (Wildman–Crippen LogP) is 3.16. The number of anilines is 1. The molecule has 224 valence electrons. The molecule has 4 N–H and O–H groups in total. The molecule has 11 heteroatoms. The van der Waals surface area contributed by atoms with Crippen molar-refractivity contribution in [3.05, 3.63) is 73.1 Å². The number of nitrogen functional groups attached to an aromatic ring is 1. The fourth-order valence-corrected chi connectivity index (χ4v) is 5.90. The highest BCUT2D eigenvalue weighted by Crippen LogP contribution is 2.35. The van der Waals surface area contributed by atoms with E-state index in [1.165, 1.54) is 6.33 Å². The van der Waals surface area contributed by atoms with Crippen molar-refractivity contribution in [1.82, 2.24) is 34.4 Å². The van der Waals surface area contributed by atoms with E-state index in [1.807, 2.05) is 70.3 Å². The number of ether oxygens (including phenoxy) is 1. The number of rotatable bonds is 9. The maximum Gasteiger partial charge on any atom is 0.246 e. The molecule has 2 aromatic heterocycles. The van der Waals surface area contributed by atoms with Crippen molar-refractivity contribution < 1.29 is 9.53 Å². The van der Waals surface area contributed by atoms with Crippen LogP contribution in [-0.2, 0) is 4.79 Å². The summed E-state index contributed by atoms with van der Waals surface area (Å²) in [6.07, 6.45) is 6.97. The minimum Gasteiger partial charge on any atom is -0.457 e. The molecule has 43 heavy (non-hydrogen) atoms. The van der Waals surface area contributed by atoms with Crippen molar-refractivity contribution >= 4 is 22.8 Å². The molecule has 2 fully saturated rings. The number of benzene rings is 2. The highest BCUT2D eigenvalue weighted by Gasteiger charge is 2.28. The van der Waals surface area contributed by atoms with Gasteiger partial charge in [-0.3, -0.25) is 14.6 Å². The second kappa shape index (κ2) is 13.3. The quantitative estimate of drug-likeness (QED) is 0.286. The first kappa shape index (κ1) is 28.8. The zero-order valence-corrected chi connectivity index (χ0v) is 24.4. The van der Waals surface area contributed by atoms with E-state index >= 15 is 0 Å². The molecule has 1 unspecified atom stereocenters. The maximum absolute atomic E-state index is 13.2. The van der Waals surface area contributed by atoms with Gasteiger partial charge in [0, 0.05) is 70.5 Å². The van der Waals surface area contributed by atoms with E-state index in [2.05, 4.69) is 19.8 Å². The van der Waals surface area contributed by atoms with Crippen molar-refractivity contribution in [3.63, 3.8) is 0 Å². The van der Waals surface area contributed by atoms with Gasteiger partial charge in [0.25, 0.3) is 0 Å². The van der Waals surface area contributed by atoms with E-state index in [9.17, 15) is 4.79 Å². The van der Waals surface area contributed by atoms with Crippen LogP contribution in [-0.4, -0.2) is 99.3 Å². The normalized spacial score (nSPS) is 18.4. The molecule has 11 nitrogen and oxygen atoms in total. The van der Waals surface area contributed by atoms with E-state index < -0.39 is 0 Å². The number of piperazine rings is 1. The van der Waals surface area contributed by atoms with Crippen LogP contribution in [0.25, 0.3) is 22.3 Å². The van der Waals surface area contributed by atoms with Crippen molar-refractivity contribution in [2.45, 2.75) is 18.9 Å². The molecule has 6 rings (SSSR count). The first-order chi connectivity index (χ1) is 21.1. The first-order valence-electron chi connectivity index (χ1n) is 15.0. The van der Waals surface area contributed by atoms with Gasteiger partial charge in [-0.1, -0.05) is 24.3 Å². The molecule has 2 aromatic carbocycles. The van der Waals surface area contributed by atoms with Gasteiger partial charge < -0.3 is 21.1 Å². The second-order valence-corrected chi connectivity index (χ2v) is 11.1. The third kappa shape index (κ3) is 6.69. The Morgan fingerprint density at radius 3 is 2.47 bits per heavy atom. The number of carbonyl (C=O) groups excluding carboxylic acids is 1. The van der Waals surface area contributed by atoms with Gasteiger partial charge in [0.1, 0.15) is 29.3 Å². The number of nitrogens with two attached hydrogens (primary N) is 2. The van der Waals surface area contributed by atoms with Gasteiger partial charge in [0.05, 0.1) is 11.4 Å². The number of hydrogen-bond acceptors (Lipinski definition) is 9. The zero-order chi connectivity index (χ0) is 29.6. The minimum absolute atomic E-state index is 0.0204. The Labute approximate surface area is 251 Å². The standard InChI is InChI=1S/C32H39N9O2/c33-14-17-39-20-18-38(19-21-39)15-5-9-28(42)40-16-4-6-25(22-40)41-32-29(31(34)35-23-36-32)30(37-41)24-10-12-27(13-11-24)43-26-7-2-1-3-8-26/h1-3,5,7-13,23,25H,4,6,14-22,33H2,(H2,34,35,36)/b9-5+. The molecule has 0 aliphatic carbocycles. The molecular formula is C32H39N9O2. The Morgan fingerprint density at radius 1 is 0.953 bits per heavy atom. The summed E-state index contributed by atoms with van der Waals surface area (Å²) in [5, 5.41) is 5.73. The third-order valence-corrected chi connectivity index (χ3v) is 8.21. The molecule has 4 heterocycles. The second-order valence-electron chi connectivity index (χ2n) is 11.1. The number of fused-ring (bicyclic) bond motifs is 1. The Balaban J connectivity index is 1.15. The zero-order valence-electron chi connectivity index (χ0n) is 24.4. The molecule has 2 saturated heterocycles. The smallest absolute Gasteiger partial charge is 0.246 e. The van der Waals surface area contributed by atoms with E-state index in [1.54, 1.807) is 6.08 Å². The maximum atomic E-state index is 13.2. The molecule has 2 aliphatic heterocycles. The van der Waals surface area contributed by atoms with Gasteiger partial charge in [0.2, 0.25) is 5.91 Å². The molecule has 0 bridgehead atoms. The molecule has 0 saturated carbocycles. The summed E-state index contributed by atoms with van der Waals surface area (Å²) in [5.41, 5.74) is 14.3. The van der Waals surface area contributed by atoms with Gasteiger partial charge in [0.15, 0.2) is 5.65 Å². The van der Waals surface area contributed by atoms with Crippen LogP contribution in [0, 0.1) is 0 Å². The van der Waals surface area contributed by atoms with Crippen LogP contribution in [0.3, 0.4) is 0 Å². The lowest BCUT2D eigenvalue weighted by atomic mass is 10.1. The van der Waals surface area contributed by atoms with E-state index in [4.69, 9.17) is 21.3 Å². The SMILES string of the molecule is NCCN1CCN(C/C=C/C(=O)N2CCCC(n3nc(-c4ccc(Oc5ccccc5)cc4)c4c(N)ncnc43)C2)CC1. The average molecular weight is 582 g/mol. The number of aromatic nitrogens is 4. The van der Waals surface area contributed by atoms with Gasteiger partial charge >= 0.3 is 0 Å². The largest absolute Gasteiger partial charge is 0.457 e. The summed E-state index contributed by atoms with van der Waals surface area (Å²) >= 11 is 0. The molecular weight excluding hydrogens is 542 g/mol. The van der Waals surface area contributed by atoms with Crippen LogP contribution in [0.4, 0.5) is 5.82 Å². The first-order valence-corrected chi connectivity index (χ1v) is 15.0. The number of hydrogen-bond donors (Lipinski definition) is 2. The van der Waals surface area contributed by atoms with Crippen molar-refractivity contribution in [2.24, 2.45) is 5.73 Å². The Hall–Kier alpha value is -4.32. The molecule has 0 spiro atoms. The highest BCUT2D eigenvalue weighted by atomic mass is 16.5. The van der Waals surface area contributed by atoms with Gasteiger partial charge in [-0.15, -0.1) is 0 Å². The number of likely N-dealkylation sites (tertiary alicyclic amines) is 1. The fourth-order valence-electron chi connectivity index (χ4n) is 5.90. The summed E-state index contributed by atoms with van der Waals surface area (Å²) in [6, 6.07) is 17.4. The summed E-state index contributed by atoms with van der Waals surface area (Å²) < 4.78 is 7.90. The summed E-state index contributed by atoms with van der Waals surface area (Å²) in [6.45, 7) is 7.73. The fraction of sp³-hybridized carbons (Fsp3) is 0.375. The number of para-hydroxylation sites is 1. The van der Waals surface area contributed by atoms with Crippen LogP contribution in [0.1, 0.15) is 18.9 Å². The topological polar surface area (TPSA) is 132 Å². The van der Waals surface area contributed by atoms with Crippen LogP contribution in [0.15, 0.2) is 73.1 Å². The highest BCUT2D eigenvalue weighted by molar-refractivity contribution is 5.98. The van der Waals surface area contributed by atoms with Crippen LogP contribution in [0.2, 0.25) is 0 Å². The number of amides is 1. The molecule has 2 aliphatic rings. The molecule has 0 radical (unpaired) electrons. The number of carbonyl (C=O) groups is 1. The Kier molecular flexibility index (Phi) is 8.92. The lowest BCUT2D eigenvalue weighted by molar-refractivity contribution is -0.127. The number of nitrogens with zero attached hydrogens (tertiary/aromatic N) is 7. The summed E-state index contributed by atoms with van der Waals surface area (Å²) in [7, 11) is 0. The monoisotopic (exact) mass is 581 g/mol. The summed E-state index contributed by atoms with van der Waals surface area (Å²) in [5.74, 6) is 1.92. The lowest BCUT2D eigenvalue weighted by Gasteiger charge is -2.34. The lowest BCUT2D eigenvalue weighted by Crippen LogP contribution is -2.47. The molecule has 1 amide bonds. The van der Waals surface area contributed by atoms with E-state index in [0.29, 0.717) is 35.6 Å². The van der Waals surface area contributed by atoms with E-state index in [0.717, 1.165) is 75.7 Å². The Bertz CT molecular complexity index is 1550. The van der Waals surface area contributed by atoms with Gasteiger partial charge in [-0.2, -0.15) is 5.10 Å². The molecule has 4 aromatic rings. The van der Waals surface area contributed by atoms with Gasteiger partial charge in [-0.05, 0) is 49.2 Å². The molecule has 1 atom stereocenters. The average Bonchev–Trinajstić information content (AvgIpc) is 3.44. The van der Waals surface area contributed by atoms with Crippen molar-refractivity contribution in [2.75, 3.05) is 64.6 Å². The minimum atomic E-state index is -0.0204. The predicted molar refractivity (Wildman–Crippen MR) is 168 cm³/mol. The van der Waals surface area contributed by atoms with Crippen molar-refractivity contribution in [1.29, 1.82) is 0 Å². The third-order valence-electron chi connectivity index (χ3n) is 8.21. The Morgan fingerprint density at radius 2 is 1.70 bits per heavy atom. The number of piperidine rings is 1. The van der Waals surface area contributed by atoms with Crippen LogP contribution in [0.5, 0.6) is 11.5 Å².